The summed E-state index contributed by atoms with van der Waals surface area (Å²) >= 11 is 2.17. The normalized spacial score (nSPS) is 32.0. The summed E-state index contributed by atoms with van der Waals surface area (Å²) in [5, 5.41) is 3.83. The molecule has 1 unspecified atom stereocenters. The maximum absolute atomic E-state index is 3.83. The SMILES string of the molecule is CCCN1CCC2(CC1)NC(C)CCS2. The van der Waals surface area contributed by atoms with Crippen molar-refractivity contribution in [3.05, 3.63) is 0 Å². The summed E-state index contributed by atoms with van der Waals surface area (Å²) in [5.74, 6) is 1.35. The van der Waals surface area contributed by atoms with Gasteiger partial charge in [0.1, 0.15) is 0 Å². The van der Waals surface area contributed by atoms with Gasteiger partial charge in [-0.15, -0.1) is 11.8 Å². The third-order valence-corrected chi connectivity index (χ3v) is 5.16. The summed E-state index contributed by atoms with van der Waals surface area (Å²) in [5.41, 5.74) is 0. The standard InChI is InChI=1S/C12H24N2S/c1-3-7-14-8-5-12(6-9-14)13-11(2)4-10-15-12/h11,13H,3-10H2,1-2H3. The highest BCUT2D eigenvalue weighted by molar-refractivity contribution is 8.00. The molecule has 2 fully saturated rings. The lowest BCUT2D eigenvalue weighted by Gasteiger charge is -2.46. The summed E-state index contributed by atoms with van der Waals surface area (Å²) in [4.78, 5) is 3.05. The van der Waals surface area contributed by atoms with Crippen LogP contribution in [0.15, 0.2) is 0 Å². The monoisotopic (exact) mass is 228 g/mol. The lowest BCUT2D eigenvalue weighted by atomic mass is 10.0. The van der Waals surface area contributed by atoms with Crippen LogP contribution in [0.25, 0.3) is 0 Å². The van der Waals surface area contributed by atoms with E-state index in [1.54, 1.807) is 0 Å². The number of rotatable bonds is 2. The minimum absolute atomic E-state index is 0.432. The first-order valence-corrected chi connectivity index (χ1v) is 7.37. The molecule has 0 radical (unpaired) electrons. The van der Waals surface area contributed by atoms with Crippen molar-refractivity contribution in [2.45, 2.75) is 50.4 Å². The third kappa shape index (κ3) is 2.89. The Kier molecular flexibility index (Phi) is 3.97. The van der Waals surface area contributed by atoms with Crippen LogP contribution in [-0.2, 0) is 0 Å². The molecule has 2 saturated heterocycles. The van der Waals surface area contributed by atoms with Gasteiger partial charge in [-0.25, -0.2) is 0 Å². The molecule has 0 aliphatic carbocycles. The first-order chi connectivity index (χ1) is 7.24. The maximum atomic E-state index is 3.83. The Bertz CT molecular complexity index is 200. The first-order valence-electron chi connectivity index (χ1n) is 6.38. The Hall–Kier alpha value is 0.270. The van der Waals surface area contributed by atoms with Crippen LogP contribution in [0.4, 0.5) is 0 Å². The van der Waals surface area contributed by atoms with Crippen LogP contribution in [0.2, 0.25) is 0 Å². The maximum Gasteiger partial charge on any atom is 0.0671 e. The minimum Gasteiger partial charge on any atom is -0.303 e. The van der Waals surface area contributed by atoms with Crippen molar-refractivity contribution in [2.75, 3.05) is 25.4 Å². The van der Waals surface area contributed by atoms with Crippen molar-refractivity contribution in [3.63, 3.8) is 0 Å². The molecule has 3 heteroatoms. The van der Waals surface area contributed by atoms with Gasteiger partial charge in [-0.1, -0.05) is 6.92 Å². The summed E-state index contributed by atoms with van der Waals surface area (Å²) in [7, 11) is 0. The number of hydrogen-bond acceptors (Lipinski definition) is 3. The molecule has 2 heterocycles. The fraction of sp³-hybridized carbons (Fsp3) is 1.00. The van der Waals surface area contributed by atoms with E-state index in [1.807, 2.05) is 0 Å². The van der Waals surface area contributed by atoms with Crippen molar-refractivity contribution < 1.29 is 0 Å². The van der Waals surface area contributed by atoms with Gasteiger partial charge in [-0.2, -0.15) is 0 Å². The Morgan fingerprint density at radius 1 is 1.40 bits per heavy atom. The van der Waals surface area contributed by atoms with E-state index in [1.165, 1.54) is 51.1 Å². The van der Waals surface area contributed by atoms with Crippen molar-refractivity contribution in [3.8, 4) is 0 Å². The molecule has 88 valence electrons. The molecule has 0 aromatic heterocycles. The summed E-state index contributed by atoms with van der Waals surface area (Å²) < 4.78 is 0. The van der Waals surface area contributed by atoms with Crippen molar-refractivity contribution in [1.82, 2.24) is 10.2 Å². The Labute approximate surface area is 98.2 Å². The van der Waals surface area contributed by atoms with Crippen LogP contribution in [0.3, 0.4) is 0 Å². The highest BCUT2D eigenvalue weighted by Gasteiger charge is 2.37. The number of hydrogen-bond donors (Lipinski definition) is 1. The van der Waals surface area contributed by atoms with E-state index >= 15 is 0 Å². The van der Waals surface area contributed by atoms with Gasteiger partial charge in [0.15, 0.2) is 0 Å². The predicted molar refractivity (Wildman–Crippen MR) is 68.4 cm³/mol. The molecule has 0 aromatic carbocycles. The second kappa shape index (κ2) is 5.07. The van der Waals surface area contributed by atoms with Crippen LogP contribution in [0.1, 0.15) is 39.5 Å². The van der Waals surface area contributed by atoms with Gasteiger partial charge >= 0.3 is 0 Å². The molecule has 0 amide bonds. The molecule has 0 bridgehead atoms. The summed E-state index contributed by atoms with van der Waals surface area (Å²) in [6.07, 6.45) is 5.30. The van der Waals surface area contributed by atoms with E-state index in [0.717, 1.165) is 6.04 Å². The molecular formula is C12H24N2S. The van der Waals surface area contributed by atoms with Crippen LogP contribution >= 0.6 is 11.8 Å². The minimum atomic E-state index is 0.432. The van der Waals surface area contributed by atoms with Gasteiger partial charge in [0, 0.05) is 19.1 Å². The van der Waals surface area contributed by atoms with Gasteiger partial charge in [0.25, 0.3) is 0 Å². The summed E-state index contributed by atoms with van der Waals surface area (Å²) in [6.45, 7) is 8.48. The average molecular weight is 228 g/mol. The van der Waals surface area contributed by atoms with E-state index < -0.39 is 0 Å². The third-order valence-electron chi connectivity index (χ3n) is 3.64. The van der Waals surface area contributed by atoms with Crippen molar-refractivity contribution >= 4 is 11.8 Å². The van der Waals surface area contributed by atoms with E-state index in [2.05, 4.69) is 35.8 Å². The first kappa shape index (κ1) is 11.7. The smallest absolute Gasteiger partial charge is 0.0671 e. The molecule has 2 rings (SSSR count). The molecular weight excluding hydrogens is 204 g/mol. The second-order valence-electron chi connectivity index (χ2n) is 5.02. The average Bonchev–Trinajstić information content (AvgIpc) is 2.22. The van der Waals surface area contributed by atoms with Crippen LogP contribution in [0, 0.1) is 0 Å². The number of nitrogens with zero attached hydrogens (tertiary/aromatic N) is 1. The van der Waals surface area contributed by atoms with E-state index in [4.69, 9.17) is 0 Å². The van der Waals surface area contributed by atoms with Gasteiger partial charge in [0.05, 0.1) is 4.87 Å². The van der Waals surface area contributed by atoms with Gasteiger partial charge in [-0.05, 0) is 44.9 Å². The van der Waals surface area contributed by atoms with E-state index in [-0.39, 0.29) is 0 Å². The van der Waals surface area contributed by atoms with Gasteiger partial charge in [-0.3, -0.25) is 0 Å². The molecule has 1 spiro atoms. The summed E-state index contributed by atoms with van der Waals surface area (Å²) in [6, 6.07) is 0.726. The molecule has 2 aliphatic rings. The fourth-order valence-corrected chi connectivity index (χ4v) is 4.35. The Morgan fingerprint density at radius 2 is 2.13 bits per heavy atom. The zero-order chi connectivity index (χ0) is 10.7. The number of nitrogens with one attached hydrogen (secondary N) is 1. The van der Waals surface area contributed by atoms with E-state index in [9.17, 15) is 0 Å². The zero-order valence-corrected chi connectivity index (χ0v) is 10.9. The quantitative estimate of drug-likeness (QED) is 0.781. The fourth-order valence-electron chi connectivity index (χ4n) is 2.74. The van der Waals surface area contributed by atoms with Crippen LogP contribution in [-0.4, -0.2) is 41.2 Å². The largest absolute Gasteiger partial charge is 0.303 e. The van der Waals surface area contributed by atoms with Crippen molar-refractivity contribution in [2.24, 2.45) is 0 Å². The molecule has 0 aromatic rings. The topological polar surface area (TPSA) is 15.3 Å². The molecule has 2 nitrogen and oxygen atoms in total. The number of piperidine rings is 1. The van der Waals surface area contributed by atoms with Gasteiger partial charge in [0.2, 0.25) is 0 Å². The Balaban J connectivity index is 1.85. The lowest BCUT2D eigenvalue weighted by molar-refractivity contribution is 0.173. The van der Waals surface area contributed by atoms with Crippen molar-refractivity contribution in [1.29, 1.82) is 0 Å². The molecule has 15 heavy (non-hydrogen) atoms. The second-order valence-corrected chi connectivity index (χ2v) is 6.50. The van der Waals surface area contributed by atoms with Gasteiger partial charge < -0.3 is 10.2 Å². The molecule has 2 aliphatic heterocycles. The van der Waals surface area contributed by atoms with Crippen LogP contribution in [0.5, 0.6) is 0 Å². The molecule has 1 atom stereocenters. The highest BCUT2D eigenvalue weighted by atomic mass is 32.2. The highest BCUT2D eigenvalue weighted by Crippen LogP contribution is 2.37. The number of likely N-dealkylation sites (tertiary alicyclic amines) is 1. The van der Waals surface area contributed by atoms with E-state index in [0.29, 0.717) is 4.87 Å². The molecule has 0 saturated carbocycles. The zero-order valence-electron chi connectivity index (χ0n) is 10.1. The van der Waals surface area contributed by atoms with Crippen LogP contribution < -0.4 is 5.32 Å². The molecule has 1 N–H and O–H groups in total. The predicted octanol–water partition coefficient (Wildman–Crippen LogP) is 2.30. The number of thioether (sulfide) groups is 1. The lowest BCUT2D eigenvalue weighted by Crippen LogP contribution is -2.56. The Morgan fingerprint density at radius 3 is 2.73 bits per heavy atom.